The summed E-state index contributed by atoms with van der Waals surface area (Å²) in [6, 6.07) is 7.13. The second kappa shape index (κ2) is 9.34. The number of rotatable bonds is 8. The first-order valence-corrected chi connectivity index (χ1v) is 6.76. The Morgan fingerprint density at radius 2 is 1.70 bits per heavy atom. The quantitative estimate of drug-likeness (QED) is 0.708. The van der Waals surface area contributed by atoms with Crippen LogP contribution in [0.15, 0.2) is 24.3 Å². The third-order valence-electron chi connectivity index (χ3n) is 2.58. The van der Waals surface area contributed by atoms with Crippen molar-refractivity contribution in [3.63, 3.8) is 0 Å². The summed E-state index contributed by atoms with van der Waals surface area (Å²) < 4.78 is 4.79. The Kier molecular flexibility index (Phi) is 7.69. The molecular formula is C14H19ClN2O3. The Labute approximate surface area is 123 Å². The largest absolute Gasteiger partial charge is 0.384 e. The number of amides is 2. The summed E-state index contributed by atoms with van der Waals surface area (Å²) in [7, 11) is 1.55. The van der Waals surface area contributed by atoms with E-state index in [9.17, 15) is 9.59 Å². The summed E-state index contributed by atoms with van der Waals surface area (Å²) in [5, 5.41) is 6.08. The maximum absolute atomic E-state index is 11.6. The SMILES string of the molecule is COCCC(=O)NCCNC(=O)Cc1ccc(Cl)cc1. The summed E-state index contributed by atoms with van der Waals surface area (Å²) in [5.74, 6) is -0.169. The molecule has 1 aromatic carbocycles. The predicted octanol–water partition coefficient (Wildman–Crippen LogP) is 1.15. The molecule has 0 aliphatic heterocycles. The predicted molar refractivity (Wildman–Crippen MR) is 77.7 cm³/mol. The first-order valence-electron chi connectivity index (χ1n) is 6.38. The molecule has 1 aromatic rings. The van der Waals surface area contributed by atoms with E-state index in [2.05, 4.69) is 10.6 Å². The molecule has 1 rings (SSSR count). The maximum atomic E-state index is 11.6. The highest BCUT2D eigenvalue weighted by molar-refractivity contribution is 6.30. The summed E-state index contributed by atoms with van der Waals surface area (Å²) in [5.41, 5.74) is 0.899. The number of benzene rings is 1. The second-order valence-electron chi connectivity index (χ2n) is 4.25. The van der Waals surface area contributed by atoms with Crippen molar-refractivity contribution in [2.75, 3.05) is 26.8 Å². The molecule has 0 radical (unpaired) electrons. The van der Waals surface area contributed by atoms with Crippen molar-refractivity contribution in [1.29, 1.82) is 0 Å². The topological polar surface area (TPSA) is 67.4 Å². The zero-order valence-electron chi connectivity index (χ0n) is 11.4. The van der Waals surface area contributed by atoms with E-state index in [1.807, 2.05) is 12.1 Å². The molecule has 0 fully saturated rings. The van der Waals surface area contributed by atoms with Gasteiger partial charge in [0, 0.05) is 31.6 Å². The number of nitrogens with one attached hydrogen (secondary N) is 2. The fourth-order valence-electron chi connectivity index (χ4n) is 1.54. The number of carbonyl (C=O) groups excluding carboxylic acids is 2. The minimum absolute atomic E-state index is 0.0844. The molecule has 0 unspecified atom stereocenters. The van der Waals surface area contributed by atoms with Crippen molar-refractivity contribution in [3.8, 4) is 0 Å². The van der Waals surface area contributed by atoms with Crippen molar-refractivity contribution < 1.29 is 14.3 Å². The number of hydrogen-bond acceptors (Lipinski definition) is 3. The number of ether oxygens (including phenoxy) is 1. The summed E-state index contributed by atoms with van der Waals surface area (Å²) in [4.78, 5) is 22.9. The number of halogens is 1. The molecule has 2 N–H and O–H groups in total. The van der Waals surface area contributed by atoms with Gasteiger partial charge in [0.25, 0.3) is 0 Å². The minimum Gasteiger partial charge on any atom is -0.384 e. The van der Waals surface area contributed by atoms with Gasteiger partial charge in [-0.3, -0.25) is 9.59 Å². The standard InChI is InChI=1S/C14H19ClN2O3/c1-20-9-6-13(18)16-7-8-17-14(19)10-11-2-4-12(15)5-3-11/h2-5H,6-10H2,1H3,(H,16,18)(H,17,19). The fraction of sp³-hybridized carbons (Fsp3) is 0.429. The van der Waals surface area contributed by atoms with Crippen LogP contribution in [0, 0.1) is 0 Å². The molecule has 110 valence electrons. The molecule has 0 saturated carbocycles. The van der Waals surface area contributed by atoms with Crippen LogP contribution in [0.5, 0.6) is 0 Å². The molecular weight excluding hydrogens is 280 g/mol. The molecule has 0 aliphatic rings. The van der Waals surface area contributed by atoms with Crippen LogP contribution < -0.4 is 10.6 Å². The van der Waals surface area contributed by atoms with E-state index >= 15 is 0 Å². The Morgan fingerprint density at radius 3 is 2.30 bits per heavy atom. The smallest absolute Gasteiger partial charge is 0.224 e. The third kappa shape index (κ3) is 7.11. The van der Waals surface area contributed by atoms with Crippen LogP contribution in [0.4, 0.5) is 0 Å². The van der Waals surface area contributed by atoms with Gasteiger partial charge in [-0.25, -0.2) is 0 Å². The number of methoxy groups -OCH3 is 1. The van der Waals surface area contributed by atoms with Crippen molar-refractivity contribution in [2.45, 2.75) is 12.8 Å². The average molecular weight is 299 g/mol. The van der Waals surface area contributed by atoms with Gasteiger partial charge in [-0.05, 0) is 17.7 Å². The van der Waals surface area contributed by atoms with E-state index in [-0.39, 0.29) is 11.8 Å². The van der Waals surface area contributed by atoms with Gasteiger partial charge in [0.15, 0.2) is 0 Å². The lowest BCUT2D eigenvalue weighted by Gasteiger charge is -2.07. The van der Waals surface area contributed by atoms with Crippen LogP contribution in [0.2, 0.25) is 5.02 Å². The highest BCUT2D eigenvalue weighted by atomic mass is 35.5. The normalized spacial score (nSPS) is 10.1. The van der Waals surface area contributed by atoms with Crippen molar-refractivity contribution >= 4 is 23.4 Å². The molecule has 0 aliphatic carbocycles. The number of carbonyl (C=O) groups is 2. The van der Waals surface area contributed by atoms with Gasteiger partial charge in [0.1, 0.15) is 0 Å². The van der Waals surface area contributed by atoms with E-state index in [0.717, 1.165) is 5.56 Å². The van der Waals surface area contributed by atoms with Crippen LogP contribution in [0.3, 0.4) is 0 Å². The lowest BCUT2D eigenvalue weighted by Crippen LogP contribution is -2.35. The zero-order chi connectivity index (χ0) is 14.8. The van der Waals surface area contributed by atoms with E-state index in [1.165, 1.54) is 0 Å². The third-order valence-corrected chi connectivity index (χ3v) is 2.83. The first kappa shape index (κ1) is 16.5. The zero-order valence-corrected chi connectivity index (χ0v) is 12.2. The van der Waals surface area contributed by atoms with E-state index in [4.69, 9.17) is 16.3 Å². The molecule has 5 nitrogen and oxygen atoms in total. The fourth-order valence-corrected chi connectivity index (χ4v) is 1.66. The lowest BCUT2D eigenvalue weighted by atomic mass is 10.1. The van der Waals surface area contributed by atoms with Crippen LogP contribution >= 0.6 is 11.6 Å². The van der Waals surface area contributed by atoms with Gasteiger partial charge in [0.05, 0.1) is 13.0 Å². The molecule has 0 saturated heterocycles. The van der Waals surface area contributed by atoms with Crippen LogP contribution in [-0.2, 0) is 20.7 Å². The van der Waals surface area contributed by atoms with E-state index in [1.54, 1.807) is 19.2 Å². The molecule has 0 bridgehead atoms. The molecule has 0 atom stereocenters. The Balaban J connectivity index is 2.14. The lowest BCUT2D eigenvalue weighted by molar-refractivity contribution is -0.123. The van der Waals surface area contributed by atoms with E-state index in [0.29, 0.717) is 37.6 Å². The highest BCUT2D eigenvalue weighted by Gasteiger charge is 2.03. The van der Waals surface area contributed by atoms with Crippen LogP contribution in [0.1, 0.15) is 12.0 Å². The van der Waals surface area contributed by atoms with Gasteiger partial charge < -0.3 is 15.4 Å². The van der Waals surface area contributed by atoms with Crippen LogP contribution in [0.25, 0.3) is 0 Å². The Morgan fingerprint density at radius 1 is 1.10 bits per heavy atom. The molecule has 0 spiro atoms. The summed E-state index contributed by atoms with van der Waals surface area (Å²) in [6.45, 7) is 1.22. The van der Waals surface area contributed by atoms with Crippen molar-refractivity contribution in [1.82, 2.24) is 10.6 Å². The first-order chi connectivity index (χ1) is 9.61. The van der Waals surface area contributed by atoms with Gasteiger partial charge in [-0.2, -0.15) is 0 Å². The number of hydrogen-bond donors (Lipinski definition) is 2. The molecule has 2 amide bonds. The molecule has 6 heteroatoms. The van der Waals surface area contributed by atoms with Gasteiger partial charge >= 0.3 is 0 Å². The average Bonchev–Trinajstić information content (AvgIpc) is 2.44. The van der Waals surface area contributed by atoms with Crippen LogP contribution in [-0.4, -0.2) is 38.6 Å². The second-order valence-corrected chi connectivity index (χ2v) is 4.68. The Hall–Kier alpha value is -1.59. The van der Waals surface area contributed by atoms with E-state index < -0.39 is 0 Å². The monoisotopic (exact) mass is 298 g/mol. The Bertz CT molecular complexity index is 435. The van der Waals surface area contributed by atoms with Crippen molar-refractivity contribution in [3.05, 3.63) is 34.9 Å². The van der Waals surface area contributed by atoms with Gasteiger partial charge in [-0.15, -0.1) is 0 Å². The highest BCUT2D eigenvalue weighted by Crippen LogP contribution is 2.09. The molecule has 0 aromatic heterocycles. The van der Waals surface area contributed by atoms with Gasteiger partial charge in [-0.1, -0.05) is 23.7 Å². The van der Waals surface area contributed by atoms with Crippen molar-refractivity contribution in [2.24, 2.45) is 0 Å². The molecule has 0 heterocycles. The maximum Gasteiger partial charge on any atom is 0.224 e. The van der Waals surface area contributed by atoms with Gasteiger partial charge in [0.2, 0.25) is 11.8 Å². The molecule has 20 heavy (non-hydrogen) atoms. The minimum atomic E-state index is -0.0848. The summed E-state index contributed by atoms with van der Waals surface area (Å²) in [6.07, 6.45) is 0.629. The summed E-state index contributed by atoms with van der Waals surface area (Å²) >= 11 is 5.77.